The predicted molar refractivity (Wildman–Crippen MR) is 97.3 cm³/mol. The average molecular weight is 352 g/mol. The molecule has 1 N–H and O–H groups in total. The van der Waals surface area contributed by atoms with Gasteiger partial charge in [-0.25, -0.2) is 0 Å². The fourth-order valence-corrected chi connectivity index (χ4v) is 3.22. The van der Waals surface area contributed by atoms with Gasteiger partial charge in [0.05, 0.1) is 16.6 Å². The molecule has 0 bridgehead atoms. The van der Waals surface area contributed by atoms with E-state index in [9.17, 15) is 9.59 Å². The van der Waals surface area contributed by atoms with E-state index in [4.69, 9.17) is 11.6 Å². The van der Waals surface area contributed by atoms with Gasteiger partial charge in [0.2, 0.25) is 11.8 Å². The maximum atomic E-state index is 12.3. The highest BCUT2D eigenvalue weighted by Gasteiger charge is 2.35. The van der Waals surface area contributed by atoms with Crippen LogP contribution in [0.3, 0.4) is 0 Å². The minimum absolute atomic E-state index is 0.0440. The zero-order valence-electron chi connectivity index (χ0n) is 14.4. The van der Waals surface area contributed by atoms with Crippen molar-refractivity contribution >= 4 is 29.1 Å². The molecule has 1 saturated heterocycles. The molecule has 24 heavy (non-hydrogen) atoms. The molecule has 132 valence electrons. The molecule has 0 saturated carbocycles. The number of nitrogens with zero attached hydrogens (tertiary/aromatic N) is 2. The van der Waals surface area contributed by atoms with E-state index >= 15 is 0 Å². The molecule has 5 nitrogen and oxygen atoms in total. The minimum atomic E-state index is -0.303. The van der Waals surface area contributed by atoms with Crippen molar-refractivity contribution in [1.29, 1.82) is 0 Å². The van der Waals surface area contributed by atoms with Crippen LogP contribution < -0.4 is 10.2 Å². The summed E-state index contributed by atoms with van der Waals surface area (Å²) in [6, 6.07) is 7.23. The van der Waals surface area contributed by atoms with Crippen molar-refractivity contribution in [2.24, 2.45) is 5.92 Å². The van der Waals surface area contributed by atoms with Crippen molar-refractivity contribution in [2.45, 2.75) is 26.7 Å². The SMILES string of the molecule is CCN(CC)CCCNC(=O)C1CC(=O)N(c2ccccc2Cl)C1. The van der Waals surface area contributed by atoms with Crippen molar-refractivity contribution < 1.29 is 9.59 Å². The molecule has 6 heteroatoms. The minimum Gasteiger partial charge on any atom is -0.356 e. The molecule has 1 aromatic rings. The molecule has 1 aliphatic heterocycles. The third-order valence-corrected chi connectivity index (χ3v) is 4.80. The van der Waals surface area contributed by atoms with Crippen LogP contribution in [0.15, 0.2) is 24.3 Å². The van der Waals surface area contributed by atoms with Crippen molar-refractivity contribution in [1.82, 2.24) is 10.2 Å². The number of para-hydroxylation sites is 1. The second kappa shape index (κ2) is 9.04. The zero-order chi connectivity index (χ0) is 17.5. The van der Waals surface area contributed by atoms with Gasteiger partial charge in [0, 0.05) is 19.5 Å². The number of amides is 2. The van der Waals surface area contributed by atoms with E-state index in [2.05, 4.69) is 24.1 Å². The maximum Gasteiger partial charge on any atom is 0.227 e. The van der Waals surface area contributed by atoms with E-state index < -0.39 is 0 Å². The van der Waals surface area contributed by atoms with E-state index in [0.717, 1.165) is 26.1 Å². The van der Waals surface area contributed by atoms with Crippen LogP contribution in [0.25, 0.3) is 0 Å². The number of benzene rings is 1. The van der Waals surface area contributed by atoms with Gasteiger partial charge >= 0.3 is 0 Å². The Bertz CT molecular complexity index is 575. The summed E-state index contributed by atoms with van der Waals surface area (Å²) in [7, 11) is 0. The van der Waals surface area contributed by atoms with Gasteiger partial charge in [-0.15, -0.1) is 0 Å². The second-order valence-corrected chi connectivity index (χ2v) is 6.44. The number of nitrogens with one attached hydrogen (secondary N) is 1. The van der Waals surface area contributed by atoms with Crippen molar-refractivity contribution in [3.05, 3.63) is 29.3 Å². The van der Waals surface area contributed by atoms with E-state index in [0.29, 0.717) is 23.8 Å². The summed E-state index contributed by atoms with van der Waals surface area (Å²) in [5.41, 5.74) is 0.681. The van der Waals surface area contributed by atoms with Crippen LogP contribution in [-0.4, -0.2) is 49.4 Å². The molecule has 1 aromatic carbocycles. The van der Waals surface area contributed by atoms with Gasteiger partial charge in [-0.05, 0) is 38.2 Å². The number of hydrogen-bond donors (Lipinski definition) is 1. The number of hydrogen-bond acceptors (Lipinski definition) is 3. The van der Waals surface area contributed by atoms with Crippen LogP contribution in [0.1, 0.15) is 26.7 Å². The Hall–Kier alpha value is -1.59. The molecule has 2 amide bonds. The Morgan fingerprint density at radius 2 is 2.04 bits per heavy atom. The first-order valence-electron chi connectivity index (χ1n) is 8.61. The number of carbonyl (C=O) groups is 2. The van der Waals surface area contributed by atoms with Crippen LogP contribution in [0, 0.1) is 5.92 Å². The highest BCUT2D eigenvalue weighted by molar-refractivity contribution is 6.33. The van der Waals surface area contributed by atoms with Crippen LogP contribution >= 0.6 is 11.6 Å². The van der Waals surface area contributed by atoms with E-state index in [1.807, 2.05) is 18.2 Å². The molecule has 0 aliphatic carbocycles. The summed E-state index contributed by atoms with van der Waals surface area (Å²) in [5.74, 6) is -0.397. The zero-order valence-corrected chi connectivity index (χ0v) is 15.2. The molecule has 0 radical (unpaired) electrons. The maximum absolute atomic E-state index is 12.3. The average Bonchev–Trinajstić information content (AvgIpc) is 2.97. The lowest BCUT2D eigenvalue weighted by Gasteiger charge is -2.19. The molecule has 2 rings (SSSR count). The second-order valence-electron chi connectivity index (χ2n) is 6.03. The highest BCUT2D eigenvalue weighted by atomic mass is 35.5. The standard InChI is InChI=1S/C18H26ClN3O2/c1-3-21(4-2)11-7-10-20-18(24)14-12-17(23)22(13-14)16-9-6-5-8-15(16)19/h5-6,8-9,14H,3-4,7,10-13H2,1-2H3,(H,20,24). The summed E-state index contributed by atoms with van der Waals surface area (Å²) in [4.78, 5) is 28.5. The van der Waals surface area contributed by atoms with Gasteiger partial charge in [-0.1, -0.05) is 37.6 Å². The normalized spacial score (nSPS) is 17.6. The van der Waals surface area contributed by atoms with Gasteiger partial charge in [0.25, 0.3) is 0 Å². The molecular formula is C18H26ClN3O2. The molecule has 1 heterocycles. The summed E-state index contributed by atoms with van der Waals surface area (Å²) < 4.78 is 0. The first-order valence-corrected chi connectivity index (χ1v) is 8.99. The van der Waals surface area contributed by atoms with Gasteiger partial charge in [0.1, 0.15) is 0 Å². The van der Waals surface area contributed by atoms with Gasteiger partial charge in [-0.3, -0.25) is 9.59 Å². The Morgan fingerprint density at radius 1 is 1.33 bits per heavy atom. The molecule has 1 fully saturated rings. The van der Waals surface area contributed by atoms with Crippen LogP contribution in [0.5, 0.6) is 0 Å². The molecule has 1 atom stereocenters. The van der Waals surface area contributed by atoms with E-state index in [-0.39, 0.29) is 24.2 Å². The predicted octanol–water partition coefficient (Wildman–Crippen LogP) is 2.54. The first-order chi connectivity index (χ1) is 11.6. The Morgan fingerprint density at radius 3 is 2.71 bits per heavy atom. The van der Waals surface area contributed by atoms with Crippen molar-refractivity contribution in [3.63, 3.8) is 0 Å². The van der Waals surface area contributed by atoms with Crippen LogP contribution in [-0.2, 0) is 9.59 Å². The molecular weight excluding hydrogens is 326 g/mol. The Balaban J connectivity index is 1.82. The van der Waals surface area contributed by atoms with Gasteiger partial charge < -0.3 is 15.1 Å². The topological polar surface area (TPSA) is 52.7 Å². The summed E-state index contributed by atoms with van der Waals surface area (Å²) in [6.07, 6.45) is 1.16. The smallest absolute Gasteiger partial charge is 0.227 e. The lowest BCUT2D eigenvalue weighted by Crippen LogP contribution is -2.35. The molecule has 0 aromatic heterocycles. The fraction of sp³-hybridized carbons (Fsp3) is 0.556. The van der Waals surface area contributed by atoms with Crippen molar-refractivity contribution in [3.8, 4) is 0 Å². The largest absolute Gasteiger partial charge is 0.356 e. The molecule has 1 unspecified atom stereocenters. The highest BCUT2D eigenvalue weighted by Crippen LogP contribution is 2.30. The third-order valence-electron chi connectivity index (χ3n) is 4.48. The van der Waals surface area contributed by atoms with Crippen molar-refractivity contribution in [2.75, 3.05) is 37.6 Å². The quantitative estimate of drug-likeness (QED) is 0.732. The number of anilines is 1. The van der Waals surface area contributed by atoms with Crippen LogP contribution in [0.4, 0.5) is 5.69 Å². The lowest BCUT2D eigenvalue weighted by atomic mass is 10.1. The summed E-state index contributed by atoms with van der Waals surface area (Å²) in [6.45, 7) is 8.33. The van der Waals surface area contributed by atoms with Gasteiger partial charge in [0.15, 0.2) is 0 Å². The third kappa shape index (κ3) is 4.71. The number of rotatable bonds is 8. The molecule has 1 aliphatic rings. The Labute approximate surface area is 149 Å². The summed E-state index contributed by atoms with van der Waals surface area (Å²) in [5, 5.41) is 3.49. The van der Waals surface area contributed by atoms with Crippen LogP contribution in [0.2, 0.25) is 5.02 Å². The summed E-state index contributed by atoms with van der Waals surface area (Å²) >= 11 is 6.16. The van der Waals surface area contributed by atoms with E-state index in [1.54, 1.807) is 11.0 Å². The first kappa shape index (κ1) is 18.7. The number of carbonyl (C=O) groups excluding carboxylic acids is 2. The molecule has 0 spiro atoms. The van der Waals surface area contributed by atoms with Gasteiger partial charge in [-0.2, -0.15) is 0 Å². The number of halogens is 1. The van der Waals surface area contributed by atoms with E-state index in [1.165, 1.54) is 0 Å². The monoisotopic (exact) mass is 351 g/mol. The Kier molecular flexibility index (Phi) is 7.06. The fourth-order valence-electron chi connectivity index (χ4n) is 2.99. The lowest BCUT2D eigenvalue weighted by molar-refractivity contribution is -0.126.